The van der Waals surface area contributed by atoms with Crippen molar-refractivity contribution < 1.29 is 29.6 Å². The Labute approximate surface area is 134 Å². The molecule has 0 fully saturated rings. The van der Waals surface area contributed by atoms with Crippen LogP contribution < -0.4 is 10.6 Å². The van der Waals surface area contributed by atoms with Gasteiger partial charge in [0.15, 0.2) is 0 Å². The molecule has 8 heteroatoms. The Morgan fingerprint density at radius 3 is 2.43 bits per heavy atom. The molecule has 2 amide bonds. The Morgan fingerprint density at radius 1 is 1.26 bits per heavy atom. The highest BCUT2D eigenvalue weighted by atomic mass is 16.6. The van der Waals surface area contributed by atoms with E-state index in [1.165, 1.54) is 18.2 Å². The van der Waals surface area contributed by atoms with E-state index in [0.29, 0.717) is 5.69 Å². The molecule has 128 valence electrons. The Hall–Kier alpha value is -2.32. The molecule has 1 unspecified atom stereocenters. The Balaban J connectivity index is 2.72. The van der Waals surface area contributed by atoms with Crippen LogP contribution in [0.4, 0.5) is 10.5 Å². The molecule has 0 spiro atoms. The fraction of sp³-hybridized carbons (Fsp3) is 0.467. The first kappa shape index (κ1) is 18.7. The Morgan fingerprint density at radius 2 is 1.91 bits per heavy atom. The van der Waals surface area contributed by atoms with Crippen LogP contribution in [0.15, 0.2) is 18.2 Å². The van der Waals surface area contributed by atoms with E-state index >= 15 is 0 Å². The molecule has 0 radical (unpaired) electrons. The fourth-order valence-electron chi connectivity index (χ4n) is 1.66. The van der Waals surface area contributed by atoms with Gasteiger partial charge in [0, 0.05) is 11.3 Å². The zero-order valence-corrected chi connectivity index (χ0v) is 13.3. The van der Waals surface area contributed by atoms with E-state index in [1.807, 2.05) is 0 Å². The molecule has 0 saturated carbocycles. The largest absolute Gasteiger partial charge is 0.508 e. The summed E-state index contributed by atoms with van der Waals surface area (Å²) in [5, 5.41) is 32.5. The average molecular weight is 326 g/mol. The highest BCUT2D eigenvalue weighted by Crippen LogP contribution is 2.21. The highest BCUT2D eigenvalue weighted by molar-refractivity contribution is 5.96. The van der Waals surface area contributed by atoms with Crippen molar-refractivity contribution in [2.75, 3.05) is 11.9 Å². The number of aromatic hydroxyl groups is 1. The average Bonchev–Trinajstić information content (AvgIpc) is 2.44. The lowest BCUT2D eigenvalue weighted by Crippen LogP contribution is -2.47. The van der Waals surface area contributed by atoms with E-state index in [-0.39, 0.29) is 11.3 Å². The minimum Gasteiger partial charge on any atom is -0.508 e. The number of hydrogen-bond acceptors (Lipinski definition) is 6. The standard InChI is InChI=1S/C15H22N2O6/c1-15(2,3)23-14(22)17-11(8-19)13(21)16-10-4-5-12(20)9(6-10)7-18/h4-6,11,18-20H,7-8H2,1-3H3,(H,16,21)(H,17,22). The van der Waals surface area contributed by atoms with Crippen LogP contribution in [0.25, 0.3) is 0 Å². The molecule has 0 saturated heterocycles. The fourth-order valence-corrected chi connectivity index (χ4v) is 1.66. The number of alkyl carbamates (subject to hydrolysis) is 1. The number of benzene rings is 1. The van der Waals surface area contributed by atoms with Gasteiger partial charge in [-0.3, -0.25) is 4.79 Å². The zero-order chi connectivity index (χ0) is 17.6. The molecule has 0 aliphatic heterocycles. The predicted octanol–water partition coefficient (Wildman–Crippen LogP) is 0.709. The van der Waals surface area contributed by atoms with Crippen LogP contribution in [-0.4, -0.2) is 45.6 Å². The summed E-state index contributed by atoms with van der Waals surface area (Å²) >= 11 is 0. The van der Waals surface area contributed by atoms with Crippen LogP contribution in [0.1, 0.15) is 26.3 Å². The quantitative estimate of drug-likeness (QED) is 0.507. The number of aliphatic hydroxyl groups excluding tert-OH is 2. The van der Waals surface area contributed by atoms with E-state index in [0.717, 1.165) is 0 Å². The lowest BCUT2D eigenvalue weighted by atomic mass is 10.2. The van der Waals surface area contributed by atoms with Gasteiger partial charge in [-0.25, -0.2) is 4.79 Å². The number of carbonyl (C=O) groups excluding carboxylic acids is 2. The summed E-state index contributed by atoms with van der Waals surface area (Å²) in [6.45, 7) is 4.01. The number of phenols is 1. The van der Waals surface area contributed by atoms with Crippen LogP contribution >= 0.6 is 0 Å². The van der Waals surface area contributed by atoms with Gasteiger partial charge < -0.3 is 30.7 Å². The van der Waals surface area contributed by atoms with Gasteiger partial charge in [0.25, 0.3) is 0 Å². The number of amides is 2. The van der Waals surface area contributed by atoms with Gasteiger partial charge >= 0.3 is 6.09 Å². The molecule has 1 aromatic rings. The van der Waals surface area contributed by atoms with Gasteiger partial charge in [-0.1, -0.05) is 0 Å². The number of ether oxygens (including phenoxy) is 1. The molecule has 0 heterocycles. The number of rotatable bonds is 5. The first-order valence-electron chi connectivity index (χ1n) is 7.00. The minimum absolute atomic E-state index is 0.101. The first-order chi connectivity index (χ1) is 10.7. The maximum Gasteiger partial charge on any atom is 0.408 e. The van der Waals surface area contributed by atoms with E-state index < -0.39 is 36.9 Å². The second-order valence-corrected chi connectivity index (χ2v) is 5.87. The Kier molecular flexibility index (Phi) is 6.35. The summed E-state index contributed by atoms with van der Waals surface area (Å²) in [7, 11) is 0. The molecule has 23 heavy (non-hydrogen) atoms. The summed E-state index contributed by atoms with van der Waals surface area (Å²) in [4.78, 5) is 23.7. The summed E-state index contributed by atoms with van der Waals surface area (Å²) in [5.74, 6) is -0.760. The number of hydrogen-bond donors (Lipinski definition) is 5. The van der Waals surface area contributed by atoms with Gasteiger partial charge in [-0.05, 0) is 39.0 Å². The monoisotopic (exact) mass is 326 g/mol. The number of nitrogens with one attached hydrogen (secondary N) is 2. The minimum atomic E-state index is -1.20. The van der Waals surface area contributed by atoms with Gasteiger partial charge in [-0.2, -0.15) is 0 Å². The first-order valence-corrected chi connectivity index (χ1v) is 7.00. The normalized spacial score (nSPS) is 12.4. The van der Waals surface area contributed by atoms with Crippen molar-refractivity contribution >= 4 is 17.7 Å². The molecule has 0 bridgehead atoms. The maximum atomic E-state index is 12.1. The smallest absolute Gasteiger partial charge is 0.408 e. The number of anilines is 1. The van der Waals surface area contributed by atoms with E-state index in [2.05, 4.69) is 10.6 Å². The third-order valence-electron chi connectivity index (χ3n) is 2.71. The lowest BCUT2D eigenvalue weighted by Gasteiger charge is -2.22. The van der Waals surface area contributed by atoms with Crippen molar-refractivity contribution in [3.05, 3.63) is 23.8 Å². The summed E-state index contributed by atoms with van der Waals surface area (Å²) in [6.07, 6.45) is -0.826. The lowest BCUT2D eigenvalue weighted by molar-refractivity contribution is -0.119. The van der Waals surface area contributed by atoms with Gasteiger partial charge in [-0.15, -0.1) is 0 Å². The van der Waals surface area contributed by atoms with Crippen LogP contribution in [0.3, 0.4) is 0 Å². The molecule has 1 aromatic carbocycles. The summed E-state index contributed by atoms with van der Waals surface area (Å²) in [5.41, 5.74) is -0.183. The maximum absolute atomic E-state index is 12.1. The third kappa shape index (κ3) is 6.13. The van der Waals surface area contributed by atoms with E-state index in [1.54, 1.807) is 20.8 Å². The van der Waals surface area contributed by atoms with Crippen molar-refractivity contribution in [1.29, 1.82) is 0 Å². The SMILES string of the molecule is CC(C)(C)OC(=O)NC(CO)C(=O)Nc1ccc(O)c(CO)c1. The number of aliphatic hydroxyl groups is 2. The molecule has 1 rings (SSSR count). The number of carbonyl (C=O) groups is 2. The summed E-state index contributed by atoms with van der Waals surface area (Å²) in [6, 6.07) is 2.93. The van der Waals surface area contributed by atoms with Crippen molar-refractivity contribution in [3.63, 3.8) is 0 Å². The van der Waals surface area contributed by atoms with Crippen LogP contribution in [0.5, 0.6) is 5.75 Å². The van der Waals surface area contributed by atoms with Crippen molar-refractivity contribution in [1.82, 2.24) is 5.32 Å². The third-order valence-corrected chi connectivity index (χ3v) is 2.71. The van der Waals surface area contributed by atoms with Crippen molar-refractivity contribution in [3.8, 4) is 5.75 Å². The Bertz CT molecular complexity index is 568. The zero-order valence-electron chi connectivity index (χ0n) is 13.3. The van der Waals surface area contributed by atoms with Crippen molar-refractivity contribution in [2.45, 2.75) is 39.0 Å². The highest BCUT2D eigenvalue weighted by Gasteiger charge is 2.24. The van der Waals surface area contributed by atoms with E-state index in [4.69, 9.17) is 9.84 Å². The van der Waals surface area contributed by atoms with Crippen LogP contribution in [-0.2, 0) is 16.1 Å². The molecular formula is C15H22N2O6. The van der Waals surface area contributed by atoms with Gasteiger partial charge in [0.05, 0.1) is 13.2 Å². The van der Waals surface area contributed by atoms with Crippen LogP contribution in [0, 0.1) is 0 Å². The molecule has 0 aromatic heterocycles. The van der Waals surface area contributed by atoms with E-state index in [9.17, 15) is 19.8 Å². The summed E-state index contributed by atoms with van der Waals surface area (Å²) < 4.78 is 5.02. The molecular weight excluding hydrogens is 304 g/mol. The predicted molar refractivity (Wildman–Crippen MR) is 82.9 cm³/mol. The molecule has 0 aliphatic carbocycles. The van der Waals surface area contributed by atoms with Gasteiger partial charge in [0.1, 0.15) is 17.4 Å². The van der Waals surface area contributed by atoms with Crippen molar-refractivity contribution in [2.24, 2.45) is 0 Å². The van der Waals surface area contributed by atoms with Gasteiger partial charge in [0.2, 0.25) is 5.91 Å². The second kappa shape index (κ2) is 7.80. The molecule has 0 aliphatic rings. The molecule has 8 nitrogen and oxygen atoms in total. The molecule has 1 atom stereocenters. The topological polar surface area (TPSA) is 128 Å². The molecule has 5 N–H and O–H groups in total. The second-order valence-electron chi connectivity index (χ2n) is 5.87. The van der Waals surface area contributed by atoms with Crippen LogP contribution in [0.2, 0.25) is 0 Å².